The molecule has 0 saturated carbocycles. The third kappa shape index (κ3) is 8.95. The van der Waals surface area contributed by atoms with Gasteiger partial charge in [0.25, 0.3) is 0 Å². The van der Waals surface area contributed by atoms with E-state index in [2.05, 4.69) is 8.51 Å². The largest absolute Gasteiger partial charge is 0 e. The van der Waals surface area contributed by atoms with Crippen LogP contribution in [0.15, 0.2) is 0 Å². The molecule has 4 heteroatoms. The fourth-order valence-corrected chi connectivity index (χ4v) is 0. The van der Waals surface area contributed by atoms with Gasteiger partial charge in [-0.05, 0) is 0 Å². The van der Waals surface area contributed by atoms with Crippen molar-refractivity contribution < 1.29 is 35.5 Å². The number of hydrogen-bond donors (Lipinski definition) is 0. The van der Waals surface area contributed by atoms with Crippen LogP contribution in [0, 0.1) is 0 Å². The minimum absolute atomic E-state index is 0. The summed E-state index contributed by atoms with van der Waals surface area (Å²) < 4.78 is 8.88. The second kappa shape index (κ2) is 8.91. The Morgan fingerprint density at radius 1 is 1.75 bits per heavy atom. The number of hydrogen-bond acceptors (Lipinski definition) is 1. The van der Waals surface area contributed by atoms with E-state index >= 15 is 0 Å². The third-order valence-electron chi connectivity index (χ3n) is 0. The van der Waals surface area contributed by atoms with Crippen LogP contribution in [0.25, 0.3) is 0 Å². The van der Waals surface area contributed by atoms with Gasteiger partial charge in [-0.25, -0.2) is 0 Å². The molecule has 0 unspecified atom stereocenters. The maximum absolute atomic E-state index is 8.88. The summed E-state index contributed by atoms with van der Waals surface area (Å²) >= 11 is -1.61. The van der Waals surface area contributed by atoms with E-state index < -0.39 is 22.0 Å². The molecule has 0 N–H and O–H groups in total. The second-order valence-electron chi connectivity index (χ2n) is 0.0690. The smallest absolute Gasteiger partial charge is 0 e. The van der Waals surface area contributed by atoms with E-state index in [4.69, 9.17) is 2.81 Å². The van der Waals surface area contributed by atoms with Gasteiger partial charge in [0.15, 0.2) is 0 Å². The molecule has 21 valence electrons. The van der Waals surface area contributed by atoms with Crippen LogP contribution in [0.4, 0.5) is 0 Å². The SMILES string of the molecule is [O]=[Bi][Cl].[Y]. The summed E-state index contributed by atoms with van der Waals surface area (Å²) in [7, 11) is 4.62. The summed E-state index contributed by atoms with van der Waals surface area (Å²) in [4.78, 5) is 0. The summed E-state index contributed by atoms with van der Waals surface area (Å²) in [6.45, 7) is 0. The van der Waals surface area contributed by atoms with Crippen LogP contribution in [-0.2, 0) is 35.5 Å². The molecule has 0 aliphatic heterocycles. The Labute approximate surface area is 64.9 Å². The van der Waals surface area contributed by atoms with Gasteiger partial charge in [0.2, 0.25) is 0 Å². The average Bonchev–Trinajstić information content (AvgIpc) is 0.918. The fraction of sp³-hybridized carbons (Fsp3) is 0. The first-order valence-electron chi connectivity index (χ1n) is 0.352. The van der Waals surface area contributed by atoms with Crippen molar-refractivity contribution in [1.82, 2.24) is 0 Å². The average molecular weight is 349 g/mol. The molecular weight excluding hydrogens is 349 g/mol. The first kappa shape index (κ1) is 9.42. The number of rotatable bonds is 0. The first-order chi connectivity index (χ1) is 1.41. The van der Waals surface area contributed by atoms with E-state index in [1.54, 1.807) is 0 Å². The van der Waals surface area contributed by atoms with Crippen LogP contribution in [0.5, 0.6) is 0 Å². The molecule has 0 spiro atoms. The Balaban J connectivity index is 0. The van der Waals surface area contributed by atoms with Crippen LogP contribution < -0.4 is 0 Å². The van der Waals surface area contributed by atoms with Gasteiger partial charge in [-0.1, -0.05) is 0 Å². The van der Waals surface area contributed by atoms with E-state index in [1.807, 2.05) is 0 Å². The normalized spacial score (nSPS) is 3.25. The van der Waals surface area contributed by atoms with Crippen LogP contribution in [-0.4, -0.2) is 22.0 Å². The van der Waals surface area contributed by atoms with Gasteiger partial charge in [0.05, 0.1) is 0 Å². The van der Waals surface area contributed by atoms with Gasteiger partial charge in [-0.3, -0.25) is 0 Å². The zero-order valence-electron chi connectivity index (χ0n) is 1.81. The minimum Gasteiger partial charge on any atom is 0 e. The molecule has 0 atom stereocenters. The zero-order chi connectivity index (χ0) is 2.71. The van der Waals surface area contributed by atoms with E-state index in [9.17, 15) is 0 Å². The zero-order valence-corrected chi connectivity index (χ0v) is 8.88. The van der Waals surface area contributed by atoms with Crippen molar-refractivity contribution in [2.75, 3.05) is 0 Å². The second-order valence-corrected chi connectivity index (χ2v) is 1.82. The predicted molar refractivity (Wildman–Crippen MR) is 12.3 cm³/mol. The van der Waals surface area contributed by atoms with Gasteiger partial charge in [0, 0.05) is 32.7 Å². The summed E-state index contributed by atoms with van der Waals surface area (Å²) in [5.74, 6) is 0. The van der Waals surface area contributed by atoms with Gasteiger partial charge >= 0.3 is 33.4 Å². The van der Waals surface area contributed by atoms with Crippen molar-refractivity contribution >= 4 is 30.6 Å². The molecular formula is BiClOY. The van der Waals surface area contributed by atoms with Gasteiger partial charge < -0.3 is 0 Å². The van der Waals surface area contributed by atoms with E-state index in [0.29, 0.717) is 0 Å². The molecule has 1 radical (unpaired) electrons. The standard InChI is InChI=1S/Bi.ClH.O.Y/h;1H;;/q+1;;;/p-1. The molecule has 0 aliphatic rings. The van der Waals surface area contributed by atoms with E-state index in [1.165, 1.54) is 0 Å². The Hall–Kier alpha value is 2.08. The van der Waals surface area contributed by atoms with Gasteiger partial charge in [-0.2, -0.15) is 0 Å². The van der Waals surface area contributed by atoms with Crippen LogP contribution >= 0.6 is 8.51 Å². The quantitative estimate of drug-likeness (QED) is 0.571. The number of halogens is 1. The molecule has 1 nitrogen and oxygen atoms in total. The Morgan fingerprint density at radius 2 is 1.75 bits per heavy atom. The van der Waals surface area contributed by atoms with Gasteiger partial charge in [0.1, 0.15) is 0 Å². The van der Waals surface area contributed by atoms with Crippen molar-refractivity contribution in [2.45, 2.75) is 0 Å². The third-order valence-corrected chi connectivity index (χ3v) is 0. The van der Waals surface area contributed by atoms with Crippen molar-refractivity contribution in [3.63, 3.8) is 0 Å². The van der Waals surface area contributed by atoms with E-state index in [-0.39, 0.29) is 32.7 Å². The molecule has 0 aromatic carbocycles. The summed E-state index contributed by atoms with van der Waals surface area (Å²) in [5, 5.41) is 0. The molecule has 0 saturated heterocycles. The molecule has 0 aromatic rings. The first-order valence-corrected chi connectivity index (χ1v) is 6.05. The Bertz CT molecular complexity index is 15.5. The Kier molecular flexibility index (Phi) is 21.0. The van der Waals surface area contributed by atoms with Crippen molar-refractivity contribution in [1.29, 1.82) is 0 Å². The molecule has 0 fully saturated rings. The monoisotopic (exact) mass is 349 g/mol. The predicted octanol–water partition coefficient (Wildman–Crippen LogP) is 0.187. The van der Waals surface area contributed by atoms with Crippen LogP contribution in [0.1, 0.15) is 0 Å². The molecule has 0 rings (SSSR count). The summed E-state index contributed by atoms with van der Waals surface area (Å²) in [6, 6.07) is 0. The van der Waals surface area contributed by atoms with Crippen molar-refractivity contribution in [3.05, 3.63) is 0 Å². The Morgan fingerprint density at radius 3 is 1.75 bits per heavy atom. The van der Waals surface area contributed by atoms with Crippen LogP contribution in [0.2, 0.25) is 0 Å². The maximum Gasteiger partial charge on any atom is 0 e. The summed E-state index contributed by atoms with van der Waals surface area (Å²) in [5.41, 5.74) is 0. The molecule has 0 aromatic heterocycles. The molecule has 0 heterocycles. The maximum atomic E-state index is 8.88. The van der Waals surface area contributed by atoms with Crippen molar-refractivity contribution in [3.8, 4) is 0 Å². The topological polar surface area (TPSA) is 17.1 Å². The minimum atomic E-state index is -1.61. The van der Waals surface area contributed by atoms with Crippen LogP contribution in [0.3, 0.4) is 0 Å². The van der Waals surface area contributed by atoms with Crippen molar-refractivity contribution in [2.24, 2.45) is 0 Å². The fourth-order valence-electron chi connectivity index (χ4n) is 0. The molecule has 0 bridgehead atoms. The molecule has 0 aliphatic carbocycles. The summed E-state index contributed by atoms with van der Waals surface area (Å²) in [6.07, 6.45) is 0. The van der Waals surface area contributed by atoms with E-state index in [0.717, 1.165) is 0 Å². The van der Waals surface area contributed by atoms with Gasteiger partial charge in [-0.15, -0.1) is 0 Å². The molecule has 4 heavy (non-hydrogen) atoms. The molecule has 0 amide bonds.